The molecule has 3 aromatic carbocycles. The van der Waals surface area contributed by atoms with E-state index in [0.29, 0.717) is 30.2 Å². The molecule has 1 atom stereocenters. The molecular weight excluding hydrogens is 430 g/mol. The van der Waals surface area contributed by atoms with Gasteiger partial charge in [-0.3, -0.25) is 14.5 Å². The number of fused-ring (bicyclic) bond motifs is 1. The van der Waals surface area contributed by atoms with E-state index in [9.17, 15) is 14.7 Å². The van der Waals surface area contributed by atoms with Gasteiger partial charge >= 0.3 is 0 Å². The van der Waals surface area contributed by atoms with Crippen LogP contribution in [0.25, 0.3) is 5.76 Å². The lowest BCUT2D eigenvalue weighted by Crippen LogP contribution is -2.29. The summed E-state index contributed by atoms with van der Waals surface area (Å²) in [7, 11) is 0. The summed E-state index contributed by atoms with van der Waals surface area (Å²) >= 11 is 0. The third-order valence-electron chi connectivity index (χ3n) is 6.19. The first-order valence-corrected chi connectivity index (χ1v) is 11.3. The van der Waals surface area contributed by atoms with E-state index in [2.05, 4.69) is 0 Å². The van der Waals surface area contributed by atoms with Crippen LogP contribution in [-0.4, -0.2) is 30.0 Å². The molecule has 0 saturated carbocycles. The van der Waals surface area contributed by atoms with Gasteiger partial charge in [0.1, 0.15) is 17.3 Å². The zero-order chi connectivity index (χ0) is 23.8. The van der Waals surface area contributed by atoms with Crippen LogP contribution in [-0.2, 0) is 16.0 Å². The van der Waals surface area contributed by atoms with Gasteiger partial charge < -0.3 is 14.6 Å². The normalized spacial score (nSPS) is 18.6. The lowest BCUT2D eigenvalue weighted by atomic mass is 9.93. The third kappa shape index (κ3) is 3.71. The SMILES string of the molecule is CCOc1ccc(N2C(=O)C(=O)/C(=C(\O)c3ccc4c(c3)CCO4)C2c2cccc(C)c2)cc1. The molecule has 1 saturated heterocycles. The van der Waals surface area contributed by atoms with Crippen LogP contribution in [0.15, 0.2) is 72.3 Å². The maximum absolute atomic E-state index is 13.3. The molecule has 2 heterocycles. The first kappa shape index (κ1) is 21.8. The summed E-state index contributed by atoms with van der Waals surface area (Å²) in [6.45, 7) is 4.96. The number of ketones is 1. The number of Topliss-reactive ketones (excluding diaryl/α,β-unsaturated/α-hetero) is 1. The van der Waals surface area contributed by atoms with Gasteiger partial charge in [0, 0.05) is 17.7 Å². The maximum atomic E-state index is 13.3. The van der Waals surface area contributed by atoms with Gasteiger partial charge in [0.05, 0.1) is 24.8 Å². The molecule has 0 radical (unpaired) electrons. The maximum Gasteiger partial charge on any atom is 0.300 e. The number of aryl methyl sites for hydroxylation is 1. The summed E-state index contributed by atoms with van der Waals surface area (Å²) in [4.78, 5) is 28.1. The molecule has 0 spiro atoms. The molecule has 3 aromatic rings. The first-order chi connectivity index (χ1) is 16.5. The topological polar surface area (TPSA) is 76.1 Å². The molecule has 1 fully saturated rings. The van der Waals surface area contributed by atoms with E-state index < -0.39 is 17.7 Å². The zero-order valence-corrected chi connectivity index (χ0v) is 19.1. The van der Waals surface area contributed by atoms with Crippen LogP contribution in [0.4, 0.5) is 5.69 Å². The van der Waals surface area contributed by atoms with Gasteiger partial charge in [-0.05, 0) is 67.4 Å². The summed E-state index contributed by atoms with van der Waals surface area (Å²) in [6, 6.07) is 19.3. The van der Waals surface area contributed by atoms with Crippen LogP contribution in [0.1, 0.15) is 35.2 Å². The number of aliphatic hydroxyl groups is 1. The number of aliphatic hydroxyl groups excluding tert-OH is 1. The van der Waals surface area contributed by atoms with Gasteiger partial charge in [0.15, 0.2) is 0 Å². The molecule has 1 N–H and O–H groups in total. The van der Waals surface area contributed by atoms with Gasteiger partial charge in [0.25, 0.3) is 11.7 Å². The van der Waals surface area contributed by atoms with E-state index in [0.717, 1.165) is 28.9 Å². The third-order valence-corrected chi connectivity index (χ3v) is 6.19. The van der Waals surface area contributed by atoms with Gasteiger partial charge in [-0.2, -0.15) is 0 Å². The molecule has 2 aliphatic rings. The number of rotatable bonds is 5. The number of anilines is 1. The van der Waals surface area contributed by atoms with Crippen molar-refractivity contribution in [1.29, 1.82) is 0 Å². The fourth-order valence-electron chi connectivity index (χ4n) is 4.61. The molecule has 6 nitrogen and oxygen atoms in total. The van der Waals surface area contributed by atoms with E-state index in [1.165, 1.54) is 4.90 Å². The van der Waals surface area contributed by atoms with Crippen LogP contribution >= 0.6 is 0 Å². The van der Waals surface area contributed by atoms with Gasteiger partial charge in [-0.15, -0.1) is 0 Å². The smallest absolute Gasteiger partial charge is 0.300 e. The average molecular weight is 456 g/mol. The molecule has 34 heavy (non-hydrogen) atoms. The van der Waals surface area contributed by atoms with Crippen molar-refractivity contribution in [3.63, 3.8) is 0 Å². The molecule has 0 aliphatic carbocycles. The van der Waals surface area contributed by atoms with Crippen molar-refractivity contribution in [2.45, 2.75) is 26.3 Å². The largest absolute Gasteiger partial charge is 0.507 e. The van der Waals surface area contributed by atoms with Crippen molar-refractivity contribution in [3.05, 3.63) is 94.6 Å². The molecule has 0 aromatic heterocycles. The molecular formula is C28H25NO5. The number of amides is 1. The quantitative estimate of drug-likeness (QED) is 0.335. The van der Waals surface area contributed by atoms with E-state index in [1.807, 2.05) is 44.2 Å². The summed E-state index contributed by atoms with van der Waals surface area (Å²) in [6.07, 6.45) is 0.734. The average Bonchev–Trinajstić information content (AvgIpc) is 3.41. The Morgan fingerprint density at radius 1 is 1.09 bits per heavy atom. The van der Waals surface area contributed by atoms with Gasteiger partial charge in [0.2, 0.25) is 0 Å². The van der Waals surface area contributed by atoms with Crippen molar-refractivity contribution >= 4 is 23.1 Å². The highest BCUT2D eigenvalue weighted by Gasteiger charge is 2.47. The van der Waals surface area contributed by atoms with Crippen molar-refractivity contribution in [2.75, 3.05) is 18.1 Å². The highest BCUT2D eigenvalue weighted by molar-refractivity contribution is 6.51. The number of benzene rings is 3. The highest BCUT2D eigenvalue weighted by Crippen LogP contribution is 2.43. The van der Waals surface area contributed by atoms with Crippen LogP contribution in [0.2, 0.25) is 0 Å². The first-order valence-electron chi connectivity index (χ1n) is 11.3. The summed E-state index contributed by atoms with van der Waals surface area (Å²) < 4.78 is 11.1. The van der Waals surface area contributed by atoms with Crippen LogP contribution in [0.5, 0.6) is 11.5 Å². The Bertz CT molecular complexity index is 1310. The van der Waals surface area contributed by atoms with Gasteiger partial charge in [-0.1, -0.05) is 29.8 Å². The Kier molecular flexibility index (Phi) is 5.57. The minimum atomic E-state index is -0.762. The fourth-order valence-corrected chi connectivity index (χ4v) is 4.61. The summed E-state index contributed by atoms with van der Waals surface area (Å²) in [5.41, 5.74) is 3.83. The fraction of sp³-hybridized carbons (Fsp3) is 0.214. The van der Waals surface area contributed by atoms with Gasteiger partial charge in [-0.25, -0.2) is 0 Å². The van der Waals surface area contributed by atoms with Crippen molar-refractivity contribution in [2.24, 2.45) is 0 Å². The zero-order valence-electron chi connectivity index (χ0n) is 19.1. The Morgan fingerprint density at radius 2 is 1.88 bits per heavy atom. The Morgan fingerprint density at radius 3 is 2.62 bits per heavy atom. The molecule has 0 bridgehead atoms. The van der Waals surface area contributed by atoms with Crippen LogP contribution in [0, 0.1) is 6.92 Å². The second kappa shape index (κ2) is 8.71. The number of ether oxygens (including phenoxy) is 2. The van der Waals surface area contributed by atoms with E-state index in [-0.39, 0.29) is 11.3 Å². The summed E-state index contributed by atoms with van der Waals surface area (Å²) in [5, 5.41) is 11.3. The monoisotopic (exact) mass is 455 g/mol. The molecule has 2 aliphatic heterocycles. The number of carbonyl (C=O) groups is 2. The Labute approximate surface area is 198 Å². The molecule has 1 amide bonds. The van der Waals surface area contributed by atoms with E-state index in [1.54, 1.807) is 36.4 Å². The molecule has 172 valence electrons. The van der Waals surface area contributed by atoms with Crippen molar-refractivity contribution in [1.82, 2.24) is 0 Å². The molecule has 1 unspecified atom stereocenters. The second-order valence-electron chi connectivity index (χ2n) is 8.43. The Hall–Kier alpha value is -4.06. The standard InChI is InChI=1S/C28H25NO5/c1-3-33-22-10-8-21(9-11-22)29-25(19-6-4-5-17(2)15-19)24(27(31)28(29)32)26(30)20-7-12-23-18(16-20)13-14-34-23/h4-12,15-16,25,30H,3,13-14H2,1-2H3/b26-24-. The number of nitrogens with zero attached hydrogens (tertiary/aromatic N) is 1. The molecule has 5 rings (SSSR count). The minimum absolute atomic E-state index is 0.0725. The number of hydrogen-bond donors (Lipinski definition) is 1. The summed E-state index contributed by atoms with van der Waals surface area (Å²) in [5.74, 6) is -0.124. The van der Waals surface area contributed by atoms with Crippen LogP contribution < -0.4 is 14.4 Å². The molecule has 6 heteroatoms. The number of hydrogen-bond acceptors (Lipinski definition) is 5. The van der Waals surface area contributed by atoms with Crippen molar-refractivity contribution in [3.8, 4) is 11.5 Å². The highest BCUT2D eigenvalue weighted by atomic mass is 16.5. The number of carbonyl (C=O) groups excluding carboxylic acids is 2. The lowest BCUT2D eigenvalue weighted by Gasteiger charge is -2.26. The predicted molar refractivity (Wildman–Crippen MR) is 129 cm³/mol. The Balaban J connectivity index is 1.66. The second-order valence-corrected chi connectivity index (χ2v) is 8.43. The van der Waals surface area contributed by atoms with E-state index in [4.69, 9.17) is 9.47 Å². The predicted octanol–water partition coefficient (Wildman–Crippen LogP) is 4.95. The van der Waals surface area contributed by atoms with E-state index >= 15 is 0 Å². The lowest BCUT2D eigenvalue weighted by molar-refractivity contribution is -0.132. The minimum Gasteiger partial charge on any atom is -0.507 e. The van der Waals surface area contributed by atoms with Crippen LogP contribution in [0.3, 0.4) is 0 Å². The van der Waals surface area contributed by atoms with Crippen molar-refractivity contribution < 1.29 is 24.2 Å².